The van der Waals surface area contributed by atoms with E-state index in [1.807, 2.05) is 36.4 Å². The maximum atomic E-state index is 12.2. The van der Waals surface area contributed by atoms with Crippen molar-refractivity contribution in [1.29, 1.82) is 0 Å². The number of halogens is 3. The van der Waals surface area contributed by atoms with Crippen molar-refractivity contribution in [2.45, 2.75) is 13.2 Å². The third-order valence-corrected chi connectivity index (χ3v) is 3.54. The van der Waals surface area contributed by atoms with Crippen molar-refractivity contribution in [2.75, 3.05) is 5.32 Å². The molecule has 124 valence electrons. The number of hydrogen-bond donors (Lipinski definition) is 1. The molecule has 7 heteroatoms. The lowest BCUT2D eigenvalue weighted by Crippen LogP contribution is -2.03. The SMILES string of the molecule is FC(F)Oc1ccc(NCc2cc(-c3ccccc3)no2)cc1Cl. The molecular weight excluding hydrogens is 338 g/mol. The van der Waals surface area contributed by atoms with Gasteiger partial charge in [-0.05, 0) is 18.2 Å². The van der Waals surface area contributed by atoms with Crippen LogP contribution in [0.2, 0.25) is 5.02 Å². The smallest absolute Gasteiger partial charge is 0.387 e. The Bertz CT molecular complexity index is 809. The molecule has 24 heavy (non-hydrogen) atoms. The van der Waals surface area contributed by atoms with Crippen LogP contribution in [0.1, 0.15) is 5.76 Å². The Morgan fingerprint density at radius 3 is 2.62 bits per heavy atom. The van der Waals surface area contributed by atoms with Crippen LogP contribution in [-0.2, 0) is 6.54 Å². The van der Waals surface area contributed by atoms with Gasteiger partial charge in [-0.25, -0.2) is 0 Å². The lowest BCUT2D eigenvalue weighted by Gasteiger charge is -2.09. The second-order valence-electron chi connectivity index (χ2n) is 4.92. The number of aromatic nitrogens is 1. The predicted octanol–water partition coefficient (Wildman–Crippen LogP) is 5.21. The lowest BCUT2D eigenvalue weighted by atomic mass is 10.1. The van der Waals surface area contributed by atoms with Crippen LogP contribution in [0.3, 0.4) is 0 Å². The fraction of sp³-hybridized carbons (Fsp3) is 0.118. The van der Waals surface area contributed by atoms with E-state index in [0.717, 1.165) is 11.3 Å². The molecule has 0 unspecified atom stereocenters. The van der Waals surface area contributed by atoms with Crippen molar-refractivity contribution in [3.63, 3.8) is 0 Å². The van der Waals surface area contributed by atoms with Gasteiger partial charge in [-0.3, -0.25) is 0 Å². The number of alkyl halides is 2. The van der Waals surface area contributed by atoms with Crippen LogP contribution in [0.4, 0.5) is 14.5 Å². The van der Waals surface area contributed by atoms with E-state index < -0.39 is 6.61 Å². The molecule has 0 atom stereocenters. The van der Waals surface area contributed by atoms with E-state index in [9.17, 15) is 8.78 Å². The maximum Gasteiger partial charge on any atom is 0.387 e. The number of benzene rings is 2. The highest BCUT2D eigenvalue weighted by molar-refractivity contribution is 6.32. The summed E-state index contributed by atoms with van der Waals surface area (Å²) in [6.07, 6.45) is 0. The van der Waals surface area contributed by atoms with E-state index in [0.29, 0.717) is 18.0 Å². The van der Waals surface area contributed by atoms with Crippen LogP contribution in [0.5, 0.6) is 5.75 Å². The zero-order valence-electron chi connectivity index (χ0n) is 12.4. The van der Waals surface area contributed by atoms with Crippen molar-refractivity contribution in [2.24, 2.45) is 0 Å². The van der Waals surface area contributed by atoms with E-state index in [1.54, 1.807) is 6.07 Å². The van der Waals surface area contributed by atoms with Gasteiger partial charge in [-0.2, -0.15) is 8.78 Å². The summed E-state index contributed by atoms with van der Waals surface area (Å²) in [6, 6.07) is 16.0. The molecule has 0 aliphatic rings. The Morgan fingerprint density at radius 2 is 1.92 bits per heavy atom. The average molecular weight is 351 g/mol. The Labute approximate surface area is 142 Å². The molecule has 0 saturated heterocycles. The molecule has 1 heterocycles. The van der Waals surface area contributed by atoms with Gasteiger partial charge in [-0.1, -0.05) is 47.1 Å². The fourth-order valence-electron chi connectivity index (χ4n) is 2.13. The van der Waals surface area contributed by atoms with Gasteiger partial charge in [0.1, 0.15) is 11.4 Å². The predicted molar refractivity (Wildman–Crippen MR) is 87.3 cm³/mol. The van der Waals surface area contributed by atoms with E-state index in [2.05, 4.69) is 15.2 Å². The molecule has 1 aromatic heterocycles. The van der Waals surface area contributed by atoms with Crippen molar-refractivity contribution >= 4 is 17.3 Å². The van der Waals surface area contributed by atoms with Gasteiger partial charge in [0.2, 0.25) is 0 Å². The first kappa shape index (κ1) is 16.3. The van der Waals surface area contributed by atoms with Crippen LogP contribution in [-0.4, -0.2) is 11.8 Å². The summed E-state index contributed by atoms with van der Waals surface area (Å²) in [5.41, 5.74) is 2.36. The Kier molecular flexibility index (Phi) is 4.96. The second kappa shape index (κ2) is 7.31. The molecule has 2 aromatic carbocycles. The number of hydrogen-bond acceptors (Lipinski definition) is 4. The Morgan fingerprint density at radius 1 is 1.12 bits per heavy atom. The minimum Gasteiger partial charge on any atom is -0.433 e. The molecule has 0 radical (unpaired) electrons. The third-order valence-electron chi connectivity index (χ3n) is 3.24. The highest BCUT2D eigenvalue weighted by Crippen LogP contribution is 2.29. The van der Waals surface area contributed by atoms with Gasteiger partial charge in [0.15, 0.2) is 5.76 Å². The minimum absolute atomic E-state index is 0.0664. The molecule has 0 spiro atoms. The van der Waals surface area contributed by atoms with Gasteiger partial charge in [0.25, 0.3) is 0 Å². The molecule has 0 fully saturated rings. The first-order valence-corrected chi connectivity index (χ1v) is 7.49. The van der Waals surface area contributed by atoms with Crippen LogP contribution in [0.15, 0.2) is 59.1 Å². The van der Waals surface area contributed by atoms with Crippen LogP contribution < -0.4 is 10.1 Å². The zero-order chi connectivity index (χ0) is 16.9. The van der Waals surface area contributed by atoms with Gasteiger partial charge < -0.3 is 14.6 Å². The molecule has 0 aliphatic heterocycles. The summed E-state index contributed by atoms with van der Waals surface area (Å²) in [5.74, 6) is 0.570. The number of nitrogens with one attached hydrogen (secondary N) is 1. The van der Waals surface area contributed by atoms with E-state index in [4.69, 9.17) is 16.1 Å². The topological polar surface area (TPSA) is 47.3 Å². The summed E-state index contributed by atoms with van der Waals surface area (Å²) in [5, 5.41) is 7.20. The normalized spacial score (nSPS) is 10.8. The molecule has 0 saturated carbocycles. The standard InChI is InChI=1S/C17H13ClF2N2O2/c18-14-8-12(6-7-16(14)23-17(19)20)21-10-13-9-15(22-24-13)11-4-2-1-3-5-11/h1-9,17,21H,10H2. The van der Waals surface area contributed by atoms with Gasteiger partial charge in [0.05, 0.1) is 11.6 Å². The number of rotatable bonds is 6. The maximum absolute atomic E-state index is 12.2. The summed E-state index contributed by atoms with van der Waals surface area (Å²) in [7, 11) is 0. The highest BCUT2D eigenvalue weighted by atomic mass is 35.5. The average Bonchev–Trinajstić information content (AvgIpc) is 3.05. The molecular formula is C17H13ClF2N2O2. The Balaban J connectivity index is 1.64. The molecule has 0 amide bonds. The molecule has 1 N–H and O–H groups in total. The quantitative estimate of drug-likeness (QED) is 0.663. The summed E-state index contributed by atoms with van der Waals surface area (Å²) in [6.45, 7) is -2.53. The third kappa shape index (κ3) is 4.02. The van der Waals surface area contributed by atoms with Crippen molar-refractivity contribution in [1.82, 2.24) is 5.16 Å². The van der Waals surface area contributed by atoms with Gasteiger partial charge >= 0.3 is 6.61 Å². The zero-order valence-corrected chi connectivity index (χ0v) is 13.1. The summed E-state index contributed by atoms with van der Waals surface area (Å²) in [4.78, 5) is 0. The molecule has 0 aliphatic carbocycles. The molecule has 3 rings (SSSR count). The van der Waals surface area contributed by atoms with Crippen molar-refractivity contribution in [3.05, 3.63) is 65.4 Å². The fourth-order valence-corrected chi connectivity index (χ4v) is 2.36. The van der Waals surface area contributed by atoms with E-state index in [1.165, 1.54) is 12.1 Å². The molecule has 0 bridgehead atoms. The summed E-state index contributed by atoms with van der Waals surface area (Å²) >= 11 is 5.91. The first-order chi connectivity index (χ1) is 11.6. The first-order valence-electron chi connectivity index (χ1n) is 7.11. The summed E-state index contributed by atoms with van der Waals surface area (Å²) < 4.78 is 34.0. The Hall–Kier alpha value is -2.60. The minimum atomic E-state index is -2.91. The van der Waals surface area contributed by atoms with Crippen molar-refractivity contribution < 1.29 is 18.0 Å². The highest BCUT2D eigenvalue weighted by Gasteiger charge is 2.10. The lowest BCUT2D eigenvalue weighted by molar-refractivity contribution is -0.0497. The number of anilines is 1. The number of nitrogens with zero attached hydrogens (tertiary/aromatic N) is 1. The van der Waals surface area contributed by atoms with Crippen LogP contribution >= 0.6 is 11.6 Å². The monoisotopic (exact) mass is 350 g/mol. The van der Waals surface area contributed by atoms with E-state index in [-0.39, 0.29) is 10.8 Å². The van der Waals surface area contributed by atoms with E-state index >= 15 is 0 Å². The molecule has 3 aromatic rings. The largest absolute Gasteiger partial charge is 0.433 e. The van der Waals surface area contributed by atoms with Crippen molar-refractivity contribution in [3.8, 4) is 17.0 Å². The second-order valence-corrected chi connectivity index (χ2v) is 5.33. The van der Waals surface area contributed by atoms with Crippen LogP contribution in [0, 0.1) is 0 Å². The van der Waals surface area contributed by atoms with Crippen LogP contribution in [0.25, 0.3) is 11.3 Å². The van der Waals surface area contributed by atoms with Gasteiger partial charge in [0, 0.05) is 17.3 Å². The number of ether oxygens (including phenoxy) is 1. The molecule has 4 nitrogen and oxygen atoms in total. The van der Waals surface area contributed by atoms with Gasteiger partial charge in [-0.15, -0.1) is 0 Å².